The van der Waals surface area contributed by atoms with Gasteiger partial charge < -0.3 is 14.1 Å². The summed E-state index contributed by atoms with van der Waals surface area (Å²) < 4.78 is 11.2. The topological polar surface area (TPSA) is 42.7 Å². The summed E-state index contributed by atoms with van der Waals surface area (Å²) in [5, 5.41) is 0. The molecule has 1 unspecified atom stereocenters. The number of amides is 1. The first-order chi connectivity index (χ1) is 8.16. The second-order valence-corrected chi connectivity index (χ2v) is 5.15. The monoisotopic (exact) mass is 301 g/mol. The van der Waals surface area contributed by atoms with Gasteiger partial charge in [-0.05, 0) is 46.8 Å². The molecule has 94 valence electrons. The summed E-state index contributed by atoms with van der Waals surface area (Å²) in [5.74, 6) is 0.730. The van der Waals surface area contributed by atoms with Crippen LogP contribution in [0.1, 0.15) is 23.4 Å². The zero-order chi connectivity index (χ0) is 12.3. The molecule has 2 heterocycles. The molecule has 1 aromatic heterocycles. The van der Waals surface area contributed by atoms with E-state index in [1.165, 1.54) is 0 Å². The minimum absolute atomic E-state index is 0.0822. The number of carbonyl (C=O) groups excluding carboxylic acids is 1. The molecule has 0 saturated carbocycles. The predicted octanol–water partition coefficient (Wildman–Crippen LogP) is 2.54. The van der Waals surface area contributed by atoms with Crippen molar-refractivity contribution in [1.29, 1.82) is 0 Å². The van der Waals surface area contributed by atoms with Crippen molar-refractivity contribution < 1.29 is 13.9 Å². The molecule has 2 rings (SSSR count). The van der Waals surface area contributed by atoms with Crippen LogP contribution in [0, 0.1) is 5.92 Å². The molecule has 5 heteroatoms. The Hall–Kier alpha value is -0.810. The van der Waals surface area contributed by atoms with Crippen molar-refractivity contribution >= 4 is 21.8 Å². The Morgan fingerprint density at radius 2 is 2.41 bits per heavy atom. The van der Waals surface area contributed by atoms with E-state index in [9.17, 15) is 4.79 Å². The molecule has 1 aliphatic heterocycles. The average Bonchev–Trinajstić information content (AvgIpc) is 2.76. The molecular weight excluding hydrogens is 286 g/mol. The van der Waals surface area contributed by atoms with Gasteiger partial charge in [-0.2, -0.15) is 0 Å². The highest BCUT2D eigenvalue weighted by atomic mass is 79.9. The highest BCUT2D eigenvalue weighted by Gasteiger charge is 2.21. The van der Waals surface area contributed by atoms with Gasteiger partial charge in [0.05, 0.1) is 6.61 Å². The maximum atomic E-state index is 12.0. The number of hydrogen-bond donors (Lipinski definition) is 0. The van der Waals surface area contributed by atoms with Gasteiger partial charge in [-0.25, -0.2) is 0 Å². The van der Waals surface area contributed by atoms with Crippen molar-refractivity contribution in [3.63, 3.8) is 0 Å². The van der Waals surface area contributed by atoms with E-state index in [0.717, 1.165) is 32.6 Å². The molecule has 0 aromatic carbocycles. The second-order valence-electron chi connectivity index (χ2n) is 4.37. The summed E-state index contributed by atoms with van der Waals surface area (Å²) in [5.41, 5.74) is 0. The number of carbonyl (C=O) groups is 1. The van der Waals surface area contributed by atoms with Gasteiger partial charge in [-0.15, -0.1) is 0 Å². The number of furan rings is 1. The fourth-order valence-corrected chi connectivity index (χ4v) is 2.35. The highest BCUT2D eigenvalue weighted by Crippen LogP contribution is 2.18. The number of ether oxygens (including phenoxy) is 1. The highest BCUT2D eigenvalue weighted by molar-refractivity contribution is 9.10. The zero-order valence-electron chi connectivity index (χ0n) is 9.82. The summed E-state index contributed by atoms with van der Waals surface area (Å²) in [6, 6.07) is 3.41. The van der Waals surface area contributed by atoms with Crippen molar-refractivity contribution in [2.45, 2.75) is 12.8 Å². The van der Waals surface area contributed by atoms with E-state index in [2.05, 4.69) is 15.9 Å². The SMILES string of the molecule is CN(CC1CCCOC1)C(=O)c1ccc(Br)o1. The Morgan fingerprint density at radius 1 is 1.59 bits per heavy atom. The first-order valence-electron chi connectivity index (χ1n) is 5.75. The van der Waals surface area contributed by atoms with Gasteiger partial charge in [0.15, 0.2) is 10.4 Å². The lowest BCUT2D eigenvalue weighted by Gasteiger charge is -2.26. The predicted molar refractivity (Wildman–Crippen MR) is 66.9 cm³/mol. The molecule has 0 bridgehead atoms. The van der Waals surface area contributed by atoms with Crippen molar-refractivity contribution in [3.05, 3.63) is 22.6 Å². The molecule has 0 aliphatic carbocycles. The number of rotatable bonds is 3. The Kier molecular flexibility index (Phi) is 4.23. The maximum absolute atomic E-state index is 12.0. The minimum atomic E-state index is -0.0822. The summed E-state index contributed by atoms with van der Waals surface area (Å²) in [4.78, 5) is 13.7. The molecule has 1 aliphatic rings. The van der Waals surface area contributed by atoms with E-state index in [0.29, 0.717) is 16.3 Å². The molecule has 17 heavy (non-hydrogen) atoms. The molecule has 4 nitrogen and oxygen atoms in total. The fraction of sp³-hybridized carbons (Fsp3) is 0.583. The van der Waals surface area contributed by atoms with Crippen LogP contribution in [0.15, 0.2) is 21.2 Å². The normalized spacial score (nSPS) is 20.2. The Morgan fingerprint density at radius 3 is 3.00 bits per heavy atom. The molecule has 1 amide bonds. The van der Waals surface area contributed by atoms with Crippen molar-refractivity contribution in [1.82, 2.24) is 4.90 Å². The number of hydrogen-bond acceptors (Lipinski definition) is 3. The van der Waals surface area contributed by atoms with Crippen LogP contribution in [0.2, 0.25) is 0 Å². The first-order valence-corrected chi connectivity index (χ1v) is 6.54. The molecule has 0 radical (unpaired) electrons. The van der Waals surface area contributed by atoms with Gasteiger partial charge in [0.2, 0.25) is 0 Å². The number of halogens is 1. The van der Waals surface area contributed by atoms with Crippen LogP contribution in [-0.2, 0) is 4.74 Å². The van der Waals surface area contributed by atoms with E-state index >= 15 is 0 Å². The lowest BCUT2D eigenvalue weighted by molar-refractivity contribution is 0.0379. The Balaban J connectivity index is 1.90. The Bertz CT molecular complexity index is 385. The Labute approximate surface area is 109 Å². The van der Waals surface area contributed by atoms with E-state index < -0.39 is 0 Å². The molecule has 0 spiro atoms. The molecule has 0 N–H and O–H groups in total. The van der Waals surface area contributed by atoms with E-state index in [-0.39, 0.29) is 5.91 Å². The van der Waals surface area contributed by atoms with Gasteiger partial charge in [0.25, 0.3) is 5.91 Å². The molecular formula is C12H16BrNO3. The average molecular weight is 302 g/mol. The van der Waals surface area contributed by atoms with Crippen molar-refractivity contribution in [2.75, 3.05) is 26.8 Å². The first kappa shape index (κ1) is 12.6. The lowest BCUT2D eigenvalue weighted by Crippen LogP contribution is -2.34. The summed E-state index contributed by atoms with van der Waals surface area (Å²) >= 11 is 3.19. The van der Waals surface area contributed by atoms with E-state index in [1.54, 1.807) is 24.1 Å². The molecule has 1 fully saturated rings. The third-order valence-electron chi connectivity index (χ3n) is 2.92. The van der Waals surface area contributed by atoms with Crippen molar-refractivity contribution in [2.24, 2.45) is 5.92 Å². The quantitative estimate of drug-likeness (QED) is 0.861. The van der Waals surface area contributed by atoms with E-state index in [1.807, 2.05) is 0 Å². The lowest BCUT2D eigenvalue weighted by atomic mass is 10.0. The van der Waals surface area contributed by atoms with Gasteiger partial charge in [-0.1, -0.05) is 0 Å². The van der Waals surface area contributed by atoms with Gasteiger partial charge in [0.1, 0.15) is 0 Å². The van der Waals surface area contributed by atoms with Crippen molar-refractivity contribution in [3.8, 4) is 0 Å². The van der Waals surface area contributed by atoms with Crippen LogP contribution in [0.3, 0.4) is 0 Å². The number of nitrogens with zero attached hydrogens (tertiary/aromatic N) is 1. The van der Waals surface area contributed by atoms with E-state index in [4.69, 9.17) is 9.15 Å². The molecule has 1 saturated heterocycles. The summed E-state index contributed by atoms with van der Waals surface area (Å²) in [7, 11) is 1.80. The van der Waals surface area contributed by atoms with Crippen LogP contribution in [0.5, 0.6) is 0 Å². The van der Waals surface area contributed by atoms with Crippen LogP contribution in [0.25, 0.3) is 0 Å². The van der Waals surface area contributed by atoms with Gasteiger partial charge in [-0.3, -0.25) is 4.79 Å². The molecule has 1 atom stereocenters. The van der Waals surface area contributed by atoms with Crippen LogP contribution >= 0.6 is 15.9 Å². The van der Waals surface area contributed by atoms with Crippen LogP contribution in [0.4, 0.5) is 0 Å². The minimum Gasteiger partial charge on any atom is -0.444 e. The zero-order valence-corrected chi connectivity index (χ0v) is 11.4. The van der Waals surface area contributed by atoms with Crippen LogP contribution in [-0.4, -0.2) is 37.6 Å². The largest absolute Gasteiger partial charge is 0.444 e. The van der Waals surface area contributed by atoms with Gasteiger partial charge in [0, 0.05) is 20.2 Å². The maximum Gasteiger partial charge on any atom is 0.289 e. The standard InChI is InChI=1S/C12H16BrNO3/c1-14(7-9-3-2-6-16-8-9)12(15)10-4-5-11(13)17-10/h4-5,9H,2-3,6-8H2,1H3. The third-order valence-corrected chi connectivity index (χ3v) is 3.34. The summed E-state index contributed by atoms with van der Waals surface area (Å²) in [6.45, 7) is 2.32. The van der Waals surface area contributed by atoms with Gasteiger partial charge >= 0.3 is 0 Å². The third kappa shape index (κ3) is 3.33. The molecule has 1 aromatic rings. The fourth-order valence-electron chi connectivity index (χ4n) is 2.04. The van der Waals surface area contributed by atoms with Crippen LogP contribution < -0.4 is 0 Å². The summed E-state index contributed by atoms with van der Waals surface area (Å²) in [6.07, 6.45) is 2.21. The second kappa shape index (κ2) is 5.69. The smallest absolute Gasteiger partial charge is 0.289 e.